The molecule has 0 bridgehead atoms. The van der Waals surface area contributed by atoms with Crippen LogP contribution in [0.3, 0.4) is 0 Å². The van der Waals surface area contributed by atoms with Crippen LogP contribution in [0.15, 0.2) is 18.2 Å². The van der Waals surface area contributed by atoms with E-state index in [4.69, 9.17) is 10.00 Å². The number of nitrogens with one attached hydrogen (secondary N) is 2. The SMILES string of the molecule is CNCc1ccc([N+](=O)[O-])c(OCC(=O)NCC#N)c1. The largest absolute Gasteiger partial charge is 0.477 e. The van der Waals surface area contributed by atoms with Crippen molar-refractivity contribution in [2.75, 3.05) is 20.2 Å². The number of nitriles is 1. The van der Waals surface area contributed by atoms with Crippen LogP contribution in [0.2, 0.25) is 0 Å². The molecule has 0 aliphatic rings. The first-order valence-electron chi connectivity index (χ1n) is 5.77. The summed E-state index contributed by atoms with van der Waals surface area (Å²) in [6, 6.07) is 6.19. The van der Waals surface area contributed by atoms with E-state index in [1.165, 1.54) is 12.1 Å². The van der Waals surface area contributed by atoms with Gasteiger partial charge >= 0.3 is 5.69 Å². The molecule has 0 heterocycles. The standard InChI is InChI=1S/C12H14N4O4/c1-14-7-9-2-3-10(16(18)19)11(6-9)20-8-12(17)15-5-4-13/h2-3,6,14H,5,7-8H2,1H3,(H,15,17). The summed E-state index contributed by atoms with van der Waals surface area (Å²) >= 11 is 0. The lowest BCUT2D eigenvalue weighted by Gasteiger charge is -2.08. The maximum absolute atomic E-state index is 11.3. The Morgan fingerprint density at radius 2 is 2.30 bits per heavy atom. The van der Waals surface area contributed by atoms with Gasteiger partial charge in [0.2, 0.25) is 0 Å². The van der Waals surface area contributed by atoms with E-state index in [1.807, 2.05) is 0 Å². The molecule has 0 saturated heterocycles. The lowest BCUT2D eigenvalue weighted by molar-refractivity contribution is -0.385. The number of rotatable bonds is 7. The summed E-state index contributed by atoms with van der Waals surface area (Å²) in [5.41, 5.74) is 0.587. The molecule has 1 aromatic rings. The highest BCUT2D eigenvalue weighted by atomic mass is 16.6. The van der Waals surface area contributed by atoms with Gasteiger partial charge in [0.05, 0.1) is 11.0 Å². The molecule has 1 aromatic carbocycles. The number of amides is 1. The third-order valence-electron chi connectivity index (χ3n) is 2.33. The number of nitro groups is 1. The van der Waals surface area contributed by atoms with E-state index in [2.05, 4.69) is 10.6 Å². The van der Waals surface area contributed by atoms with Gasteiger partial charge < -0.3 is 15.4 Å². The normalized spacial score (nSPS) is 9.60. The molecule has 20 heavy (non-hydrogen) atoms. The molecule has 0 aliphatic heterocycles. The van der Waals surface area contributed by atoms with Crippen molar-refractivity contribution in [2.24, 2.45) is 0 Å². The number of carbonyl (C=O) groups excluding carboxylic acids is 1. The number of ether oxygens (including phenoxy) is 1. The van der Waals surface area contributed by atoms with Crippen LogP contribution in [0.4, 0.5) is 5.69 Å². The zero-order chi connectivity index (χ0) is 15.0. The zero-order valence-electron chi connectivity index (χ0n) is 10.9. The number of nitro benzene ring substituents is 1. The smallest absolute Gasteiger partial charge is 0.310 e. The van der Waals surface area contributed by atoms with E-state index in [0.717, 1.165) is 5.56 Å². The Morgan fingerprint density at radius 3 is 2.90 bits per heavy atom. The van der Waals surface area contributed by atoms with Gasteiger partial charge in [-0.1, -0.05) is 6.07 Å². The van der Waals surface area contributed by atoms with Gasteiger partial charge in [0, 0.05) is 12.6 Å². The van der Waals surface area contributed by atoms with Crippen LogP contribution < -0.4 is 15.4 Å². The molecule has 1 amide bonds. The average Bonchev–Trinajstić information content (AvgIpc) is 2.43. The summed E-state index contributed by atoms with van der Waals surface area (Å²) in [5, 5.41) is 24.4. The first kappa shape index (κ1) is 15.4. The molecule has 8 nitrogen and oxygen atoms in total. The number of benzene rings is 1. The highest BCUT2D eigenvalue weighted by Gasteiger charge is 2.16. The molecule has 0 aromatic heterocycles. The number of hydrogen-bond donors (Lipinski definition) is 2. The summed E-state index contributed by atoms with van der Waals surface area (Å²) in [7, 11) is 1.75. The molecule has 1 rings (SSSR count). The molecular formula is C12H14N4O4. The maximum Gasteiger partial charge on any atom is 0.310 e. The number of carbonyl (C=O) groups is 1. The van der Waals surface area contributed by atoms with Crippen molar-refractivity contribution in [3.8, 4) is 11.8 Å². The minimum atomic E-state index is -0.578. The number of hydrogen-bond acceptors (Lipinski definition) is 6. The third kappa shape index (κ3) is 4.55. The molecule has 0 saturated carbocycles. The van der Waals surface area contributed by atoms with Crippen LogP contribution in [-0.4, -0.2) is 31.0 Å². The van der Waals surface area contributed by atoms with Crippen LogP contribution in [0.5, 0.6) is 5.75 Å². The van der Waals surface area contributed by atoms with Gasteiger partial charge in [0.15, 0.2) is 12.4 Å². The van der Waals surface area contributed by atoms with E-state index in [-0.39, 0.29) is 24.6 Å². The van der Waals surface area contributed by atoms with Crippen molar-refractivity contribution in [1.82, 2.24) is 10.6 Å². The fourth-order valence-corrected chi connectivity index (χ4v) is 1.47. The minimum Gasteiger partial charge on any atom is -0.477 e. The molecule has 106 valence electrons. The van der Waals surface area contributed by atoms with Gasteiger partial charge in [-0.2, -0.15) is 5.26 Å². The van der Waals surface area contributed by atoms with E-state index in [9.17, 15) is 14.9 Å². The van der Waals surface area contributed by atoms with Crippen molar-refractivity contribution < 1.29 is 14.5 Å². The first-order chi connectivity index (χ1) is 9.58. The third-order valence-corrected chi connectivity index (χ3v) is 2.33. The van der Waals surface area contributed by atoms with Crippen LogP contribution in [0.25, 0.3) is 0 Å². The van der Waals surface area contributed by atoms with E-state index in [1.54, 1.807) is 19.2 Å². The van der Waals surface area contributed by atoms with E-state index >= 15 is 0 Å². The van der Waals surface area contributed by atoms with Crippen molar-refractivity contribution in [3.05, 3.63) is 33.9 Å². The van der Waals surface area contributed by atoms with Gasteiger partial charge in [0.25, 0.3) is 5.91 Å². The lowest BCUT2D eigenvalue weighted by Crippen LogP contribution is -2.29. The highest BCUT2D eigenvalue weighted by molar-refractivity contribution is 5.77. The maximum atomic E-state index is 11.3. The molecule has 2 N–H and O–H groups in total. The molecule has 8 heteroatoms. The average molecular weight is 278 g/mol. The van der Waals surface area contributed by atoms with E-state index < -0.39 is 10.8 Å². The van der Waals surface area contributed by atoms with Crippen LogP contribution >= 0.6 is 0 Å². The highest BCUT2D eigenvalue weighted by Crippen LogP contribution is 2.27. The van der Waals surface area contributed by atoms with Crippen LogP contribution in [-0.2, 0) is 11.3 Å². The molecule has 0 radical (unpaired) electrons. The van der Waals surface area contributed by atoms with Crippen LogP contribution in [0, 0.1) is 21.4 Å². The van der Waals surface area contributed by atoms with Gasteiger partial charge in [-0.3, -0.25) is 14.9 Å². The molecule has 0 spiro atoms. The summed E-state index contributed by atoms with van der Waals surface area (Å²) < 4.78 is 5.15. The van der Waals surface area contributed by atoms with Crippen molar-refractivity contribution in [3.63, 3.8) is 0 Å². The van der Waals surface area contributed by atoms with Gasteiger partial charge in [-0.15, -0.1) is 0 Å². The Balaban J connectivity index is 2.80. The molecule has 0 fully saturated rings. The Bertz CT molecular complexity index is 539. The first-order valence-corrected chi connectivity index (χ1v) is 5.77. The molecular weight excluding hydrogens is 264 g/mol. The van der Waals surface area contributed by atoms with Crippen molar-refractivity contribution in [1.29, 1.82) is 5.26 Å². The molecule has 0 atom stereocenters. The van der Waals surface area contributed by atoms with Crippen LogP contribution in [0.1, 0.15) is 5.56 Å². The predicted molar refractivity (Wildman–Crippen MR) is 70.0 cm³/mol. The molecule has 0 unspecified atom stereocenters. The minimum absolute atomic E-state index is 0.0230. The van der Waals surface area contributed by atoms with E-state index in [0.29, 0.717) is 6.54 Å². The quantitative estimate of drug-likeness (QED) is 0.421. The summed E-state index contributed by atoms with van der Waals surface area (Å²) in [6.07, 6.45) is 0. The fourth-order valence-electron chi connectivity index (χ4n) is 1.47. The Labute approximate surface area is 115 Å². The predicted octanol–water partition coefficient (Wildman–Crippen LogP) is 0.333. The Hall–Kier alpha value is -2.66. The second kappa shape index (κ2) is 7.70. The van der Waals surface area contributed by atoms with Crippen molar-refractivity contribution in [2.45, 2.75) is 6.54 Å². The van der Waals surface area contributed by atoms with Gasteiger partial charge in [-0.05, 0) is 18.7 Å². The zero-order valence-corrected chi connectivity index (χ0v) is 10.9. The summed E-state index contributed by atoms with van der Waals surface area (Å²) in [6.45, 7) is 0.00455. The lowest BCUT2D eigenvalue weighted by atomic mass is 10.2. The molecule has 0 aliphatic carbocycles. The topological polar surface area (TPSA) is 117 Å². The number of nitrogens with zero attached hydrogens (tertiary/aromatic N) is 2. The monoisotopic (exact) mass is 278 g/mol. The second-order valence-corrected chi connectivity index (χ2v) is 3.81. The summed E-state index contributed by atoms with van der Waals surface area (Å²) in [5.74, 6) is -0.491. The Morgan fingerprint density at radius 1 is 1.55 bits per heavy atom. The fraction of sp³-hybridized carbons (Fsp3) is 0.333. The van der Waals surface area contributed by atoms with Crippen molar-refractivity contribution >= 4 is 11.6 Å². The van der Waals surface area contributed by atoms with Gasteiger partial charge in [0.1, 0.15) is 6.54 Å². The van der Waals surface area contributed by atoms with Gasteiger partial charge in [-0.25, -0.2) is 0 Å². The Kier molecular flexibility index (Phi) is 5.93. The summed E-state index contributed by atoms with van der Waals surface area (Å²) in [4.78, 5) is 21.6. The second-order valence-electron chi connectivity index (χ2n) is 3.81.